The lowest BCUT2D eigenvalue weighted by Gasteiger charge is -2.19. The largest absolute Gasteiger partial charge is 0.325 e. The predicted molar refractivity (Wildman–Crippen MR) is 74.5 cm³/mol. The van der Waals surface area contributed by atoms with Gasteiger partial charge in [-0.25, -0.2) is 0 Å². The molecule has 3 heteroatoms. The average Bonchev–Trinajstić information content (AvgIpc) is 2.90. The first-order chi connectivity index (χ1) is 8.79. The summed E-state index contributed by atoms with van der Waals surface area (Å²) in [6.07, 6.45) is 6.14. The zero-order valence-corrected chi connectivity index (χ0v) is 11.0. The molecule has 3 nitrogen and oxygen atoms in total. The second kappa shape index (κ2) is 6.55. The number of rotatable bonds is 5. The van der Waals surface area contributed by atoms with E-state index in [2.05, 4.69) is 10.6 Å². The quantitative estimate of drug-likeness (QED) is 0.838. The molecule has 0 radical (unpaired) electrons. The number of anilines is 1. The summed E-state index contributed by atoms with van der Waals surface area (Å²) in [5.74, 6) is 0.791. The first-order valence-corrected chi connectivity index (χ1v) is 6.83. The Kier molecular flexibility index (Phi) is 4.76. The Hall–Kier alpha value is -1.35. The van der Waals surface area contributed by atoms with Gasteiger partial charge in [-0.15, -0.1) is 0 Å². The molecule has 1 aliphatic rings. The van der Waals surface area contributed by atoms with Gasteiger partial charge in [0.25, 0.3) is 0 Å². The normalized spacial score (nSPS) is 17.6. The van der Waals surface area contributed by atoms with Crippen LogP contribution in [0.25, 0.3) is 0 Å². The maximum Gasteiger partial charge on any atom is 0.241 e. The number of hydrogen-bond acceptors (Lipinski definition) is 2. The van der Waals surface area contributed by atoms with E-state index in [9.17, 15) is 4.79 Å². The van der Waals surface area contributed by atoms with Crippen LogP contribution in [0, 0.1) is 5.92 Å². The summed E-state index contributed by atoms with van der Waals surface area (Å²) >= 11 is 0. The molecule has 2 N–H and O–H groups in total. The molecule has 1 atom stereocenters. The standard InChI is InChI=1S/C15H22N2O/c1-16-14(11-12-7-5-6-8-12)15(18)17-13-9-3-2-4-10-13/h2-4,9-10,12,14,16H,5-8,11H2,1H3,(H,17,18). The van der Waals surface area contributed by atoms with Crippen molar-refractivity contribution in [3.05, 3.63) is 30.3 Å². The molecular weight excluding hydrogens is 224 g/mol. The summed E-state index contributed by atoms with van der Waals surface area (Å²) in [5, 5.41) is 6.10. The van der Waals surface area contributed by atoms with Crippen molar-refractivity contribution in [2.45, 2.75) is 38.1 Å². The molecule has 0 spiro atoms. The first-order valence-electron chi connectivity index (χ1n) is 6.83. The van der Waals surface area contributed by atoms with E-state index >= 15 is 0 Å². The molecular formula is C15H22N2O. The van der Waals surface area contributed by atoms with Crippen LogP contribution in [0.3, 0.4) is 0 Å². The molecule has 0 heterocycles. The molecule has 1 saturated carbocycles. The van der Waals surface area contributed by atoms with E-state index in [-0.39, 0.29) is 11.9 Å². The highest BCUT2D eigenvalue weighted by Gasteiger charge is 2.23. The van der Waals surface area contributed by atoms with Crippen molar-refractivity contribution in [2.24, 2.45) is 5.92 Å². The Labute approximate surface area is 109 Å². The van der Waals surface area contributed by atoms with E-state index in [0.29, 0.717) is 5.92 Å². The summed E-state index contributed by atoms with van der Waals surface area (Å²) in [6.45, 7) is 0. The minimum atomic E-state index is -0.0756. The zero-order chi connectivity index (χ0) is 12.8. The van der Waals surface area contributed by atoms with E-state index in [1.165, 1.54) is 25.7 Å². The maximum atomic E-state index is 12.2. The molecule has 1 aliphatic carbocycles. The summed E-state index contributed by atoms with van der Waals surface area (Å²) in [4.78, 5) is 12.2. The molecule has 1 aromatic carbocycles. The van der Waals surface area contributed by atoms with Gasteiger partial charge in [0.05, 0.1) is 6.04 Å². The zero-order valence-electron chi connectivity index (χ0n) is 11.0. The lowest BCUT2D eigenvalue weighted by atomic mass is 9.98. The van der Waals surface area contributed by atoms with E-state index in [1.54, 1.807) is 0 Å². The lowest BCUT2D eigenvalue weighted by Crippen LogP contribution is -2.39. The Bertz CT molecular complexity index is 371. The van der Waals surface area contributed by atoms with Gasteiger partial charge in [0, 0.05) is 5.69 Å². The topological polar surface area (TPSA) is 41.1 Å². The van der Waals surface area contributed by atoms with Crippen LogP contribution < -0.4 is 10.6 Å². The molecule has 0 saturated heterocycles. The van der Waals surface area contributed by atoms with Crippen LogP contribution in [-0.2, 0) is 4.79 Å². The van der Waals surface area contributed by atoms with Crippen LogP contribution in [0.4, 0.5) is 5.69 Å². The van der Waals surface area contributed by atoms with Gasteiger partial charge in [0.2, 0.25) is 5.91 Å². The number of carbonyl (C=O) groups excluding carboxylic acids is 1. The number of benzene rings is 1. The fourth-order valence-corrected chi connectivity index (χ4v) is 2.69. The Morgan fingerprint density at radius 3 is 2.56 bits per heavy atom. The predicted octanol–water partition coefficient (Wildman–Crippen LogP) is 2.79. The molecule has 1 unspecified atom stereocenters. The first kappa shape index (κ1) is 13.1. The highest BCUT2D eigenvalue weighted by atomic mass is 16.2. The van der Waals surface area contributed by atoms with Crippen LogP contribution in [-0.4, -0.2) is 19.0 Å². The van der Waals surface area contributed by atoms with Gasteiger partial charge in [-0.1, -0.05) is 43.9 Å². The van der Waals surface area contributed by atoms with Crippen LogP contribution in [0.1, 0.15) is 32.1 Å². The number of hydrogen-bond donors (Lipinski definition) is 2. The minimum absolute atomic E-state index is 0.0756. The molecule has 0 aliphatic heterocycles. The summed E-state index contributed by atoms with van der Waals surface area (Å²) < 4.78 is 0. The highest BCUT2D eigenvalue weighted by molar-refractivity contribution is 5.94. The molecule has 0 bridgehead atoms. The van der Waals surface area contributed by atoms with Gasteiger partial charge >= 0.3 is 0 Å². The summed E-state index contributed by atoms with van der Waals surface area (Å²) in [7, 11) is 1.87. The molecule has 18 heavy (non-hydrogen) atoms. The van der Waals surface area contributed by atoms with E-state index in [0.717, 1.165) is 12.1 Å². The second-order valence-electron chi connectivity index (χ2n) is 5.08. The Morgan fingerprint density at radius 1 is 1.28 bits per heavy atom. The van der Waals surface area contributed by atoms with E-state index in [4.69, 9.17) is 0 Å². The third kappa shape index (κ3) is 3.57. The van der Waals surface area contributed by atoms with Crippen LogP contribution >= 0.6 is 0 Å². The molecule has 2 rings (SSSR count). The maximum absolute atomic E-state index is 12.2. The van der Waals surface area contributed by atoms with Crippen molar-refractivity contribution < 1.29 is 4.79 Å². The summed E-state index contributed by atoms with van der Waals surface area (Å²) in [5.41, 5.74) is 0.870. The van der Waals surface area contributed by atoms with Crippen molar-refractivity contribution in [1.29, 1.82) is 0 Å². The fourth-order valence-electron chi connectivity index (χ4n) is 2.69. The van der Waals surface area contributed by atoms with Crippen molar-refractivity contribution >= 4 is 11.6 Å². The number of amides is 1. The highest BCUT2D eigenvalue weighted by Crippen LogP contribution is 2.28. The molecule has 0 aromatic heterocycles. The van der Waals surface area contributed by atoms with Crippen LogP contribution in [0.15, 0.2) is 30.3 Å². The smallest absolute Gasteiger partial charge is 0.241 e. The third-order valence-corrected chi connectivity index (χ3v) is 3.75. The van der Waals surface area contributed by atoms with Crippen LogP contribution in [0.5, 0.6) is 0 Å². The van der Waals surface area contributed by atoms with E-state index < -0.39 is 0 Å². The molecule has 98 valence electrons. The number of para-hydroxylation sites is 1. The number of likely N-dealkylation sites (N-methyl/N-ethyl adjacent to an activating group) is 1. The third-order valence-electron chi connectivity index (χ3n) is 3.75. The Morgan fingerprint density at radius 2 is 1.94 bits per heavy atom. The van der Waals surface area contributed by atoms with E-state index in [1.807, 2.05) is 37.4 Å². The second-order valence-corrected chi connectivity index (χ2v) is 5.08. The van der Waals surface area contributed by atoms with Gasteiger partial charge in [0.15, 0.2) is 0 Å². The van der Waals surface area contributed by atoms with Crippen LogP contribution in [0.2, 0.25) is 0 Å². The number of carbonyl (C=O) groups is 1. The van der Waals surface area contributed by atoms with Crippen molar-refractivity contribution in [2.75, 3.05) is 12.4 Å². The molecule has 1 fully saturated rings. The summed E-state index contributed by atoms with van der Waals surface area (Å²) in [6, 6.07) is 9.57. The minimum Gasteiger partial charge on any atom is -0.325 e. The molecule has 1 amide bonds. The van der Waals surface area contributed by atoms with Crippen molar-refractivity contribution in [3.8, 4) is 0 Å². The Balaban J connectivity index is 1.88. The average molecular weight is 246 g/mol. The van der Waals surface area contributed by atoms with Gasteiger partial charge < -0.3 is 10.6 Å². The molecule has 1 aromatic rings. The SMILES string of the molecule is CNC(CC1CCCC1)C(=O)Nc1ccccc1. The van der Waals surface area contributed by atoms with Gasteiger partial charge in [-0.05, 0) is 31.5 Å². The lowest BCUT2D eigenvalue weighted by molar-refractivity contribution is -0.118. The van der Waals surface area contributed by atoms with Gasteiger partial charge in [-0.3, -0.25) is 4.79 Å². The monoisotopic (exact) mass is 246 g/mol. The van der Waals surface area contributed by atoms with Gasteiger partial charge in [0.1, 0.15) is 0 Å². The van der Waals surface area contributed by atoms with Crippen molar-refractivity contribution in [1.82, 2.24) is 5.32 Å². The number of nitrogens with one attached hydrogen (secondary N) is 2. The fraction of sp³-hybridized carbons (Fsp3) is 0.533. The van der Waals surface area contributed by atoms with Gasteiger partial charge in [-0.2, -0.15) is 0 Å². The van der Waals surface area contributed by atoms with Crippen molar-refractivity contribution in [3.63, 3.8) is 0 Å².